The summed E-state index contributed by atoms with van der Waals surface area (Å²) < 4.78 is 1.68. The van der Waals surface area contributed by atoms with E-state index < -0.39 is 6.04 Å². The number of rotatable bonds is 9. The van der Waals surface area contributed by atoms with Gasteiger partial charge in [0.25, 0.3) is 11.5 Å². The van der Waals surface area contributed by atoms with Gasteiger partial charge < -0.3 is 4.90 Å². The van der Waals surface area contributed by atoms with E-state index in [0.29, 0.717) is 46.7 Å². The Morgan fingerprint density at radius 3 is 2.20 bits per heavy atom. The lowest BCUT2D eigenvalue weighted by atomic mass is 10.1. The summed E-state index contributed by atoms with van der Waals surface area (Å²) in [5.41, 5.74) is 4.05. The van der Waals surface area contributed by atoms with Crippen molar-refractivity contribution in [2.24, 2.45) is 0 Å². The molecule has 0 aliphatic carbocycles. The van der Waals surface area contributed by atoms with Crippen molar-refractivity contribution in [1.82, 2.24) is 14.5 Å². The van der Waals surface area contributed by atoms with Crippen LogP contribution in [0.4, 0.5) is 0 Å². The van der Waals surface area contributed by atoms with Gasteiger partial charge in [-0.3, -0.25) is 14.2 Å². The Hall–Kier alpha value is -4.22. The molecule has 5 rings (SSSR count). The molecule has 1 atom stereocenters. The van der Waals surface area contributed by atoms with E-state index in [0.717, 1.165) is 17.7 Å². The SMILES string of the molecule is CCc1ccc(-n2c(C(CC)N(CCc3ccccc3)C(=O)c3ccc(Cl)cc3)nc3ccccc3c2=O)cc1. The molecular weight excluding hydrogens is 518 g/mol. The zero-order valence-electron chi connectivity index (χ0n) is 22.8. The molecule has 0 aliphatic rings. The molecule has 1 unspecified atom stereocenters. The number of hydrogen-bond donors (Lipinski definition) is 0. The third-order valence-electron chi connectivity index (χ3n) is 7.30. The summed E-state index contributed by atoms with van der Waals surface area (Å²) in [6.45, 7) is 4.59. The summed E-state index contributed by atoms with van der Waals surface area (Å²) in [5, 5.41) is 1.11. The van der Waals surface area contributed by atoms with Gasteiger partial charge in [-0.25, -0.2) is 4.98 Å². The summed E-state index contributed by atoms with van der Waals surface area (Å²) in [6, 6.07) is 32.0. The number of fused-ring (bicyclic) bond motifs is 1. The molecule has 6 heteroatoms. The van der Waals surface area contributed by atoms with Crippen LogP contribution in [0.25, 0.3) is 16.6 Å². The Morgan fingerprint density at radius 1 is 0.850 bits per heavy atom. The number of hydrogen-bond acceptors (Lipinski definition) is 3. The van der Waals surface area contributed by atoms with E-state index in [2.05, 4.69) is 19.1 Å². The Kier molecular flexibility index (Phi) is 8.42. The summed E-state index contributed by atoms with van der Waals surface area (Å²) in [4.78, 5) is 35.0. The van der Waals surface area contributed by atoms with E-state index in [1.165, 1.54) is 5.56 Å². The molecule has 0 fully saturated rings. The highest BCUT2D eigenvalue weighted by Gasteiger charge is 2.29. The van der Waals surface area contributed by atoms with Crippen molar-refractivity contribution < 1.29 is 4.79 Å². The average molecular weight is 550 g/mol. The summed E-state index contributed by atoms with van der Waals surface area (Å²) in [5.74, 6) is 0.417. The second-order valence-electron chi connectivity index (χ2n) is 9.81. The molecule has 0 saturated heterocycles. The maximum Gasteiger partial charge on any atom is 0.266 e. The Labute approximate surface area is 239 Å². The van der Waals surface area contributed by atoms with Crippen LogP contribution in [0.1, 0.15) is 53.6 Å². The third-order valence-corrected chi connectivity index (χ3v) is 7.55. The predicted octanol–water partition coefficient (Wildman–Crippen LogP) is 7.44. The van der Waals surface area contributed by atoms with Crippen molar-refractivity contribution in [1.29, 1.82) is 0 Å². The Morgan fingerprint density at radius 2 is 1.52 bits per heavy atom. The Balaban J connectivity index is 1.67. The van der Waals surface area contributed by atoms with Crippen LogP contribution in [-0.2, 0) is 12.8 Å². The number of nitrogens with zero attached hydrogens (tertiary/aromatic N) is 3. The largest absolute Gasteiger partial charge is 0.328 e. The van der Waals surface area contributed by atoms with Gasteiger partial charge in [-0.05, 0) is 78.9 Å². The van der Waals surface area contributed by atoms with Crippen LogP contribution in [0.15, 0.2) is 108 Å². The molecule has 0 bridgehead atoms. The monoisotopic (exact) mass is 549 g/mol. The maximum absolute atomic E-state index is 14.1. The summed E-state index contributed by atoms with van der Waals surface area (Å²) in [6.07, 6.45) is 2.14. The van der Waals surface area contributed by atoms with Gasteiger partial charge in [-0.1, -0.05) is 80.0 Å². The smallest absolute Gasteiger partial charge is 0.266 e. The van der Waals surface area contributed by atoms with Crippen LogP contribution in [0.5, 0.6) is 0 Å². The van der Waals surface area contributed by atoms with Gasteiger partial charge in [0.05, 0.1) is 22.6 Å². The van der Waals surface area contributed by atoms with Gasteiger partial charge in [-0.2, -0.15) is 0 Å². The molecule has 0 spiro atoms. The van der Waals surface area contributed by atoms with Crippen molar-refractivity contribution in [3.05, 3.63) is 141 Å². The number of amides is 1. The number of benzene rings is 4. The van der Waals surface area contributed by atoms with Crippen LogP contribution >= 0.6 is 11.6 Å². The maximum atomic E-state index is 14.1. The number of aromatic nitrogens is 2. The standard InChI is InChI=1S/C34H32ClN3O2/c1-3-24-14-20-28(21-15-24)38-32(36-30-13-9-8-12-29(30)34(38)40)31(4-2)37(23-22-25-10-6-5-7-11-25)33(39)26-16-18-27(35)19-17-26/h5-21,31H,3-4,22-23H2,1-2H3. The fourth-order valence-electron chi connectivity index (χ4n) is 5.10. The lowest BCUT2D eigenvalue weighted by Gasteiger charge is -2.32. The first-order valence-electron chi connectivity index (χ1n) is 13.7. The summed E-state index contributed by atoms with van der Waals surface area (Å²) >= 11 is 6.13. The lowest BCUT2D eigenvalue weighted by molar-refractivity contribution is 0.0662. The van der Waals surface area contributed by atoms with Crippen molar-refractivity contribution in [3.8, 4) is 5.69 Å². The number of halogens is 1. The second kappa shape index (κ2) is 12.3. The van der Waals surface area contributed by atoms with Crippen LogP contribution in [-0.4, -0.2) is 26.9 Å². The normalized spacial score (nSPS) is 11.9. The topological polar surface area (TPSA) is 55.2 Å². The van der Waals surface area contributed by atoms with Crippen LogP contribution in [0, 0.1) is 0 Å². The van der Waals surface area contributed by atoms with E-state index in [9.17, 15) is 9.59 Å². The zero-order valence-corrected chi connectivity index (χ0v) is 23.5. The van der Waals surface area contributed by atoms with Gasteiger partial charge in [0.2, 0.25) is 0 Å². The molecule has 0 saturated carbocycles. The number of carbonyl (C=O) groups is 1. The third kappa shape index (κ3) is 5.70. The van der Waals surface area contributed by atoms with Gasteiger partial charge in [0.15, 0.2) is 0 Å². The highest BCUT2D eigenvalue weighted by Crippen LogP contribution is 2.28. The Bertz CT molecular complexity index is 1660. The highest BCUT2D eigenvalue weighted by molar-refractivity contribution is 6.30. The van der Waals surface area contributed by atoms with Crippen molar-refractivity contribution in [3.63, 3.8) is 0 Å². The molecule has 0 radical (unpaired) electrons. The van der Waals surface area contributed by atoms with Gasteiger partial charge in [0, 0.05) is 17.1 Å². The molecule has 1 amide bonds. The van der Waals surface area contributed by atoms with E-state index in [1.807, 2.05) is 72.5 Å². The number of carbonyl (C=O) groups excluding carboxylic acids is 1. The fourth-order valence-corrected chi connectivity index (χ4v) is 5.22. The van der Waals surface area contributed by atoms with Crippen molar-refractivity contribution in [2.45, 2.75) is 39.2 Å². The average Bonchev–Trinajstić information content (AvgIpc) is 3.00. The van der Waals surface area contributed by atoms with Gasteiger partial charge in [0.1, 0.15) is 5.82 Å². The van der Waals surface area contributed by atoms with Crippen LogP contribution < -0.4 is 5.56 Å². The number of aryl methyl sites for hydroxylation is 1. The molecule has 1 aromatic heterocycles. The quantitative estimate of drug-likeness (QED) is 0.192. The van der Waals surface area contributed by atoms with Crippen molar-refractivity contribution in [2.75, 3.05) is 6.54 Å². The lowest BCUT2D eigenvalue weighted by Crippen LogP contribution is -2.39. The molecule has 5 nitrogen and oxygen atoms in total. The molecule has 0 N–H and O–H groups in total. The minimum Gasteiger partial charge on any atom is -0.328 e. The van der Waals surface area contributed by atoms with Crippen molar-refractivity contribution >= 4 is 28.4 Å². The molecule has 5 aromatic rings. The van der Waals surface area contributed by atoms with Crippen LogP contribution in [0.2, 0.25) is 5.02 Å². The first-order chi connectivity index (χ1) is 19.5. The predicted molar refractivity (Wildman–Crippen MR) is 162 cm³/mol. The van der Waals surface area contributed by atoms with E-state index in [4.69, 9.17) is 16.6 Å². The minimum atomic E-state index is -0.449. The van der Waals surface area contributed by atoms with E-state index in [1.54, 1.807) is 34.9 Å². The molecule has 1 heterocycles. The first kappa shape index (κ1) is 27.4. The molecule has 40 heavy (non-hydrogen) atoms. The first-order valence-corrected chi connectivity index (χ1v) is 14.1. The second-order valence-corrected chi connectivity index (χ2v) is 10.2. The highest BCUT2D eigenvalue weighted by atomic mass is 35.5. The molecular formula is C34H32ClN3O2. The van der Waals surface area contributed by atoms with Gasteiger partial charge in [-0.15, -0.1) is 0 Å². The summed E-state index contributed by atoms with van der Waals surface area (Å²) in [7, 11) is 0. The fraction of sp³-hybridized carbons (Fsp3) is 0.206. The van der Waals surface area contributed by atoms with Crippen LogP contribution in [0.3, 0.4) is 0 Å². The zero-order chi connectivity index (χ0) is 28.1. The molecule has 202 valence electrons. The van der Waals surface area contributed by atoms with E-state index in [-0.39, 0.29) is 11.5 Å². The van der Waals surface area contributed by atoms with E-state index >= 15 is 0 Å². The number of para-hydroxylation sites is 1. The van der Waals surface area contributed by atoms with Gasteiger partial charge >= 0.3 is 0 Å². The minimum absolute atomic E-state index is 0.130. The molecule has 4 aromatic carbocycles. The molecule has 0 aliphatic heterocycles.